The van der Waals surface area contributed by atoms with E-state index in [1.807, 2.05) is 30.5 Å². The molecule has 0 aromatic carbocycles. The van der Waals surface area contributed by atoms with Crippen LogP contribution in [-0.4, -0.2) is 36.7 Å². The number of hydrogen-bond acceptors (Lipinski definition) is 3. The molecule has 1 aliphatic heterocycles. The van der Waals surface area contributed by atoms with Crippen LogP contribution in [0.5, 0.6) is 0 Å². The predicted octanol–water partition coefficient (Wildman–Crippen LogP) is 2.13. The van der Waals surface area contributed by atoms with E-state index >= 15 is 0 Å². The molecule has 21 heavy (non-hydrogen) atoms. The molecule has 1 unspecified atom stereocenters. The van der Waals surface area contributed by atoms with Gasteiger partial charge in [-0.2, -0.15) is 5.10 Å². The van der Waals surface area contributed by atoms with Gasteiger partial charge in [0.25, 0.3) is 0 Å². The Balaban J connectivity index is 1.75. The van der Waals surface area contributed by atoms with Crippen LogP contribution in [0.15, 0.2) is 29.5 Å². The molecule has 3 heterocycles. The largest absolute Gasteiger partial charge is 0.334 e. The Hall–Kier alpha value is -1.63. The lowest BCUT2D eigenvalue weighted by Gasteiger charge is -2.35. The molecule has 7 heteroatoms. The van der Waals surface area contributed by atoms with Crippen molar-refractivity contribution in [2.75, 3.05) is 6.54 Å². The van der Waals surface area contributed by atoms with Gasteiger partial charge in [0.15, 0.2) is 0 Å². The van der Waals surface area contributed by atoms with E-state index in [4.69, 9.17) is 0 Å². The van der Waals surface area contributed by atoms with Crippen LogP contribution >= 0.6 is 15.9 Å². The number of aryl methyl sites for hydroxylation is 1. The van der Waals surface area contributed by atoms with Crippen LogP contribution in [0.3, 0.4) is 0 Å². The number of carbonyl (C=O) groups is 1. The molecule has 0 radical (unpaired) electrons. The number of carbonyl (C=O) groups excluding carboxylic acids is 1. The van der Waals surface area contributed by atoms with Crippen molar-refractivity contribution >= 4 is 21.8 Å². The van der Waals surface area contributed by atoms with Crippen molar-refractivity contribution in [1.82, 2.24) is 24.2 Å². The first-order valence-electron chi connectivity index (χ1n) is 7.09. The van der Waals surface area contributed by atoms with Crippen LogP contribution in [0.1, 0.15) is 30.9 Å². The number of nitrogens with zero attached hydrogens (tertiary/aromatic N) is 5. The van der Waals surface area contributed by atoms with Gasteiger partial charge >= 0.3 is 0 Å². The van der Waals surface area contributed by atoms with E-state index in [0.717, 1.165) is 36.0 Å². The summed E-state index contributed by atoms with van der Waals surface area (Å²) in [6.45, 7) is 1.14. The molecule has 2 aromatic rings. The first kappa shape index (κ1) is 14.3. The van der Waals surface area contributed by atoms with E-state index in [-0.39, 0.29) is 11.9 Å². The predicted molar refractivity (Wildman–Crippen MR) is 81.4 cm³/mol. The summed E-state index contributed by atoms with van der Waals surface area (Å²) in [5.41, 5.74) is 1.12. The van der Waals surface area contributed by atoms with Crippen molar-refractivity contribution in [2.24, 2.45) is 7.05 Å². The van der Waals surface area contributed by atoms with E-state index in [2.05, 4.69) is 26.0 Å². The van der Waals surface area contributed by atoms with Crippen molar-refractivity contribution in [3.8, 4) is 0 Å². The van der Waals surface area contributed by atoms with Crippen molar-refractivity contribution in [3.05, 3.63) is 35.1 Å². The number of aromatic nitrogens is 4. The molecule has 1 fully saturated rings. The fraction of sp³-hybridized carbons (Fsp3) is 0.500. The third-order valence-corrected chi connectivity index (χ3v) is 4.26. The van der Waals surface area contributed by atoms with Gasteiger partial charge in [0.2, 0.25) is 5.91 Å². The monoisotopic (exact) mass is 351 g/mol. The maximum absolute atomic E-state index is 12.6. The highest BCUT2D eigenvalue weighted by atomic mass is 79.9. The summed E-state index contributed by atoms with van der Waals surface area (Å²) in [6, 6.07) is 0.145. The summed E-state index contributed by atoms with van der Waals surface area (Å²) < 4.78 is 4.35. The van der Waals surface area contributed by atoms with Gasteiger partial charge in [0, 0.05) is 31.5 Å². The van der Waals surface area contributed by atoms with Gasteiger partial charge in [-0.1, -0.05) is 0 Å². The fourth-order valence-electron chi connectivity index (χ4n) is 2.86. The molecule has 0 N–H and O–H groups in total. The zero-order chi connectivity index (χ0) is 14.8. The Morgan fingerprint density at radius 3 is 2.95 bits per heavy atom. The molecule has 1 saturated heterocycles. The Bertz CT molecular complexity index is 635. The molecule has 1 amide bonds. The molecule has 1 aliphatic rings. The van der Waals surface area contributed by atoms with Crippen molar-refractivity contribution in [3.63, 3.8) is 0 Å². The van der Waals surface area contributed by atoms with Crippen molar-refractivity contribution < 1.29 is 4.79 Å². The van der Waals surface area contributed by atoms with Gasteiger partial charge < -0.3 is 9.47 Å². The lowest BCUT2D eigenvalue weighted by atomic mass is 9.97. The van der Waals surface area contributed by atoms with Crippen LogP contribution in [-0.2, 0) is 18.4 Å². The Kier molecular flexibility index (Phi) is 4.10. The zero-order valence-corrected chi connectivity index (χ0v) is 13.5. The van der Waals surface area contributed by atoms with Crippen LogP contribution in [0, 0.1) is 0 Å². The van der Waals surface area contributed by atoms with E-state index in [1.165, 1.54) is 0 Å². The number of hydrogen-bond donors (Lipinski definition) is 0. The van der Waals surface area contributed by atoms with Gasteiger partial charge in [-0.25, -0.2) is 4.98 Å². The number of amides is 1. The van der Waals surface area contributed by atoms with Gasteiger partial charge in [0.1, 0.15) is 11.1 Å². The first-order chi connectivity index (χ1) is 10.1. The molecule has 0 saturated carbocycles. The summed E-state index contributed by atoms with van der Waals surface area (Å²) in [5, 5.41) is 4.23. The number of piperidine rings is 1. The SMILES string of the molecule is Cn1cc(C2CCCCN2C(=O)Cn2cnc(Br)c2)cn1. The Labute approximate surface area is 131 Å². The van der Waals surface area contributed by atoms with E-state index in [9.17, 15) is 4.79 Å². The van der Waals surface area contributed by atoms with Gasteiger partial charge in [-0.15, -0.1) is 0 Å². The molecule has 0 spiro atoms. The normalized spacial score (nSPS) is 19.0. The van der Waals surface area contributed by atoms with Gasteiger partial charge in [-0.3, -0.25) is 9.48 Å². The lowest BCUT2D eigenvalue weighted by Crippen LogP contribution is -2.40. The number of imidazole rings is 1. The Morgan fingerprint density at radius 2 is 2.29 bits per heavy atom. The molecule has 2 aromatic heterocycles. The quantitative estimate of drug-likeness (QED) is 0.851. The molecule has 112 valence electrons. The fourth-order valence-corrected chi connectivity index (χ4v) is 3.21. The number of likely N-dealkylation sites (tertiary alicyclic amines) is 1. The third-order valence-electron chi connectivity index (χ3n) is 3.85. The van der Waals surface area contributed by atoms with Gasteiger partial charge in [-0.05, 0) is 35.2 Å². The summed E-state index contributed by atoms with van der Waals surface area (Å²) >= 11 is 3.30. The zero-order valence-electron chi connectivity index (χ0n) is 11.9. The highest BCUT2D eigenvalue weighted by Crippen LogP contribution is 2.30. The standard InChI is InChI=1S/C14H18BrN5O/c1-18-7-11(6-17-18)12-4-2-3-5-20(12)14(21)9-19-8-13(15)16-10-19/h6-8,10,12H,2-5,9H2,1H3. The van der Waals surface area contributed by atoms with E-state index < -0.39 is 0 Å². The van der Waals surface area contributed by atoms with Crippen LogP contribution < -0.4 is 0 Å². The molecule has 3 rings (SSSR count). The highest BCUT2D eigenvalue weighted by Gasteiger charge is 2.28. The van der Waals surface area contributed by atoms with Crippen LogP contribution in [0.2, 0.25) is 0 Å². The maximum Gasteiger partial charge on any atom is 0.243 e. The van der Waals surface area contributed by atoms with E-state index in [0.29, 0.717) is 6.54 Å². The molecule has 6 nitrogen and oxygen atoms in total. The smallest absolute Gasteiger partial charge is 0.243 e. The minimum atomic E-state index is 0.133. The first-order valence-corrected chi connectivity index (χ1v) is 7.88. The topological polar surface area (TPSA) is 56.0 Å². The second-order valence-electron chi connectivity index (χ2n) is 5.41. The average Bonchev–Trinajstić information content (AvgIpc) is 3.07. The van der Waals surface area contributed by atoms with Gasteiger partial charge in [0.05, 0.1) is 18.6 Å². The van der Waals surface area contributed by atoms with Crippen LogP contribution in [0.25, 0.3) is 0 Å². The summed E-state index contributed by atoms with van der Waals surface area (Å²) in [7, 11) is 1.90. The minimum absolute atomic E-state index is 0.133. The maximum atomic E-state index is 12.6. The minimum Gasteiger partial charge on any atom is -0.334 e. The molecule has 0 aliphatic carbocycles. The second-order valence-corrected chi connectivity index (χ2v) is 6.23. The summed E-state index contributed by atoms with van der Waals surface area (Å²) in [5.74, 6) is 0.133. The van der Waals surface area contributed by atoms with Crippen molar-refractivity contribution in [1.29, 1.82) is 0 Å². The average molecular weight is 352 g/mol. The molecular formula is C14H18BrN5O. The van der Waals surface area contributed by atoms with E-state index in [1.54, 1.807) is 15.6 Å². The molecule has 1 atom stereocenters. The lowest BCUT2D eigenvalue weighted by molar-refractivity contribution is -0.135. The summed E-state index contributed by atoms with van der Waals surface area (Å²) in [4.78, 5) is 18.7. The second kappa shape index (κ2) is 6.01. The summed E-state index contributed by atoms with van der Waals surface area (Å²) in [6.07, 6.45) is 10.6. The molecule has 0 bridgehead atoms. The van der Waals surface area contributed by atoms with Crippen molar-refractivity contribution in [2.45, 2.75) is 31.8 Å². The van der Waals surface area contributed by atoms with Crippen LogP contribution in [0.4, 0.5) is 0 Å². The Morgan fingerprint density at radius 1 is 1.43 bits per heavy atom. The third kappa shape index (κ3) is 3.18. The number of rotatable bonds is 3. The molecular weight excluding hydrogens is 334 g/mol. The highest BCUT2D eigenvalue weighted by molar-refractivity contribution is 9.10. The number of halogens is 1.